The van der Waals surface area contributed by atoms with E-state index >= 15 is 0 Å². The van der Waals surface area contributed by atoms with E-state index in [9.17, 15) is 0 Å². The molecule has 1 aromatic heterocycles. The topological polar surface area (TPSA) is 49.8 Å². The number of aryl methyl sites for hydroxylation is 2. The molecule has 0 fully saturated rings. The highest BCUT2D eigenvalue weighted by atomic mass is 15.0. The van der Waals surface area contributed by atoms with E-state index < -0.39 is 0 Å². The lowest BCUT2D eigenvalue weighted by atomic mass is 10.1. The van der Waals surface area contributed by atoms with Gasteiger partial charge in [0.15, 0.2) is 0 Å². The van der Waals surface area contributed by atoms with Crippen LogP contribution in [0.5, 0.6) is 0 Å². The lowest BCUT2D eigenvalue weighted by Crippen LogP contribution is -2.22. The van der Waals surface area contributed by atoms with E-state index in [1.54, 1.807) is 0 Å². The number of hydrogen-bond donors (Lipinski definition) is 2. The van der Waals surface area contributed by atoms with E-state index in [-0.39, 0.29) is 0 Å². The Labute approximate surface area is 133 Å². The Hall–Kier alpha value is -1.94. The summed E-state index contributed by atoms with van der Waals surface area (Å²) in [6.45, 7) is 9.13. The Balaban J connectivity index is 2.09. The van der Waals surface area contributed by atoms with Crippen LogP contribution >= 0.6 is 0 Å². The largest absolute Gasteiger partial charge is 0.369 e. The van der Waals surface area contributed by atoms with Crippen LogP contribution in [0.4, 0.5) is 5.82 Å². The van der Waals surface area contributed by atoms with Gasteiger partial charge in [0.2, 0.25) is 0 Å². The van der Waals surface area contributed by atoms with E-state index in [4.69, 9.17) is 0 Å². The van der Waals surface area contributed by atoms with Crippen molar-refractivity contribution in [1.82, 2.24) is 15.3 Å². The first kappa shape index (κ1) is 16.4. The number of benzene rings is 1. The van der Waals surface area contributed by atoms with Crippen LogP contribution in [0.1, 0.15) is 36.5 Å². The predicted molar refractivity (Wildman–Crippen MR) is 92.4 cm³/mol. The zero-order valence-corrected chi connectivity index (χ0v) is 13.8. The highest BCUT2D eigenvalue weighted by Gasteiger charge is 2.05. The van der Waals surface area contributed by atoms with Crippen LogP contribution in [0.3, 0.4) is 0 Å². The average Bonchev–Trinajstić information content (AvgIpc) is 2.51. The molecule has 0 radical (unpaired) electrons. The number of nitrogens with zero attached hydrogens (tertiary/aromatic N) is 2. The molecule has 2 aromatic rings. The van der Waals surface area contributed by atoms with Crippen molar-refractivity contribution in [3.63, 3.8) is 0 Å². The lowest BCUT2D eigenvalue weighted by molar-refractivity contribution is 0.736. The van der Waals surface area contributed by atoms with Crippen molar-refractivity contribution in [2.75, 3.05) is 25.0 Å². The summed E-state index contributed by atoms with van der Waals surface area (Å²) < 4.78 is 0. The van der Waals surface area contributed by atoms with Gasteiger partial charge in [-0.05, 0) is 19.0 Å². The summed E-state index contributed by atoms with van der Waals surface area (Å²) in [4.78, 5) is 9.21. The lowest BCUT2D eigenvalue weighted by Gasteiger charge is -2.10. The molecule has 0 aliphatic carbocycles. The quantitative estimate of drug-likeness (QED) is 0.736. The standard InChI is InChI=1S/C18H26N4/c1-4-17-21-16(12-15-8-6-7-14(3)11-15)13-18(22-17)20-10-9-19-5-2/h6-8,11,13,19H,4-5,9-10,12H2,1-3H3,(H,20,21,22). The SMILES string of the molecule is CCNCCNc1cc(Cc2cccc(C)c2)nc(CC)n1. The van der Waals surface area contributed by atoms with Gasteiger partial charge in [-0.15, -0.1) is 0 Å². The molecule has 1 aromatic carbocycles. The molecule has 4 nitrogen and oxygen atoms in total. The summed E-state index contributed by atoms with van der Waals surface area (Å²) in [7, 11) is 0. The summed E-state index contributed by atoms with van der Waals surface area (Å²) >= 11 is 0. The molecule has 0 amide bonds. The minimum absolute atomic E-state index is 0.846. The Morgan fingerprint density at radius 2 is 1.91 bits per heavy atom. The van der Waals surface area contributed by atoms with Crippen LogP contribution < -0.4 is 10.6 Å². The van der Waals surface area contributed by atoms with E-state index in [0.717, 1.165) is 49.8 Å². The van der Waals surface area contributed by atoms with Gasteiger partial charge >= 0.3 is 0 Å². The summed E-state index contributed by atoms with van der Waals surface area (Å²) in [5, 5.41) is 6.68. The molecular formula is C18H26N4. The molecule has 0 spiro atoms. The first-order chi connectivity index (χ1) is 10.7. The van der Waals surface area contributed by atoms with Crippen LogP contribution in [0.2, 0.25) is 0 Å². The summed E-state index contributed by atoms with van der Waals surface area (Å²) in [5.41, 5.74) is 3.65. The van der Waals surface area contributed by atoms with Gasteiger partial charge in [0.05, 0.1) is 5.69 Å². The Morgan fingerprint density at radius 3 is 2.64 bits per heavy atom. The average molecular weight is 298 g/mol. The molecule has 22 heavy (non-hydrogen) atoms. The van der Waals surface area contributed by atoms with Crippen molar-refractivity contribution < 1.29 is 0 Å². The number of hydrogen-bond acceptors (Lipinski definition) is 4. The summed E-state index contributed by atoms with van der Waals surface area (Å²) in [5.74, 6) is 1.82. The molecule has 4 heteroatoms. The molecule has 2 rings (SSSR count). The van der Waals surface area contributed by atoms with Crippen molar-refractivity contribution in [3.05, 3.63) is 53.0 Å². The number of rotatable bonds is 8. The third kappa shape index (κ3) is 5.11. The molecule has 0 unspecified atom stereocenters. The van der Waals surface area contributed by atoms with E-state index in [0.29, 0.717) is 0 Å². The zero-order valence-electron chi connectivity index (χ0n) is 13.8. The molecule has 0 saturated heterocycles. The van der Waals surface area contributed by atoms with Gasteiger partial charge in [-0.3, -0.25) is 0 Å². The number of likely N-dealkylation sites (N-methyl/N-ethyl adjacent to an activating group) is 1. The van der Waals surface area contributed by atoms with Crippen LogP contribution in [0, 0.1) is 6.92 Å². The minimum Gasteiger partial charge on any atom is -0.369 e. The molecule has 0 aliphatic rings. The predicted octanol–water partition coefficient (Wildman–Crippen LogP) is 2.96. The van der Waals surface area contributed by atoms with Gasteiger partial charge < -0.3 is 10.6 Å². The highest BCUT2D eigenvalue weighted by Crippen LogP contribution is 2.13. The van der Waals surface area contributed by atoms with Crippen molar-refractivity contribution in [2.24, 2.45) is 0 Å². The normalized spacial score (nSPS) is 10.7. The van der Waals surface area contributed by atoms with Gasteiger partial charge in [0, 0.05) is 32.0 Å². The molecule has 0 saturated carbocycles. The fraction of sp³-hybridized carbons (Fsp3) is 0.444. The Bertz CT molecular complexity index is 595. The van der Waals surface area contributed by atoms with Crippen LogP contribution in [0.15, 0.2) is 30.3 Å². The van der Waals surface area contributed by atoms with Gasteiger partial charge in [-0.25, -0.2) is 9.97 Å². The second kappa shape index (κ2) is 8.49. The van der Waals surface area contributed by atoms with Crippen LogP contribution in [-0.4, -0.2) is 29.6 Å². The minimum atomic E-state index is 0.846. The third-order valence-electron chi connectivity index (χ3n) is 3.47. The molecule has 0 aliphatic heterocycles. The molecule has 0 atom stereocenters. The zero-order chi connectivity index (χ0) is 15.8. The van der Waals surface area contributed by atoms with Crippen molar-refractivity contribution in [3.8, 4) is 0 Å². The van der Waals surface area contributed by atoms with Gasteiger partial charge in [-0.1, -0.05) is 43.7 Å². The number of nitrogens with one attached hydrogen (secondary N) is 2. The smallest absolute Gasteiger partial charge is 0.130 e. The second-order valence-corrected chi connectivity index (χ2v) is 5.46. The second-order valence-electron chi connectivity index (χ2n) is 5.46. The fourth-order valence-electron chi connectivity index (χ4n) is 2.38. The van der Waals surface area contributed by atoms with E-state index in [2.05, 4.69) is 71.7 Å². The fourth-order valence-corrected chi connectivity index (χ4v) is 2.38. The number of anilines is 1. The van der Waals surface area contributed by atoms with Gasteiger partial charge in [-0.2, -0.15) is 0 Å². The van der Waals surface area contributed by atoms with Crippen LogP contribution in [-0.2, 0) is 12.8 Å². The summed E-state index contributed by atoms with van der Waals surface area (Å²) in [6, 6.07) is 10.6. The molecular weight excluding hydrogens is 272 g/mol. The molecule has 118 valence electrons. The Morgan fingerprint density at radius 1 is 1.05 bits per heavy atom. The maximum absolute atomic E-state index is 4.65. The maximum Gasteiger partial charge on any atom is 0.130 e. The molecule has 2 N–H and O–H groups in total. The van der Waals surface area contributed by atoms with Gasteiger partial charge in [0.1, 0.15) is 11.6 Å². The summed E-state index contributed by atoms with van der Waals surface area (Å²) in [6.07, 6.45) is 1.70. The van der Waals surface area contributed by atoms with Crippen molar-refractivity contribution >= 4 is 5.82 Å². The third-order valence-corrected chi connectivity index (χ3v) is 3.47. The molecule has 1 heterocycles. The first-order valence-electron chi connectivity index (χ1n) is 8.08. The first-order valence-corrected chi connectivity index (χ1v) is 8.08. The monoisotopic (exact) mass is 298 g/mol. The van der Waals surface area contributed by atoms with E-state index in [1.165, 1.54) is 11.1 Å². The Kier molecular flexibility index (Phi) is 6.34. The highest BCUT2D eigenvalue weighted by molar-refractivity contribution is 5.38. The van der Waals surface area contributed by atoms with Crippen LogP contribution in [0.25, 0.3) is 0 Å². The maximum atomic E-state index is 4.65. The number of aromatic nitrogens is 2. The van der Waals surface area contributed by atoms with E-state index in [1.807, 2.05) is 0 Å². The van der Waals surface area contributed by atoms with Crippen molar-refractivity contribution in [2.45, 2.75) is 33.6 Å². The van der Waals surface area contributed by atoms with Gasteiger partial charge in [0.25, 0.3) is 0 Å². The van der Waals surface area contributed by atoms with Crippen molar-refractivity contribution in [1.29, 1.82) is 0 Å². The molecule has 0 bridgehead atoms.